The number of benzene rings is 2. The number of alkyl halides is 7. The summed E-state index contributed by atoms with van der Waals surface area (Å²) < 4.78 is 83.5. The normalized spacial score (nSPS) is 12.0. The molecule has 0 aliphatic heterocycles. The molecule has 6 amide bonds. The van der Waals surface area contributed by atoms with Crippen molar-refractivity contribution >= 4 is 107 Å². The molecule has 15 nitrogen and oxygen atoms in total. The van der Waals surface area contributed by atoms with Gasteiger partial charge in [0.2, 0.25) is 11.8 Å². The summed E-state index contributed by atoms with van der Waals surface area (Å²) in [6.45, 7) is 9.41. The lowest BCUT2D eigenvalue weighted by atomic mass is 10.1. The fourth-order valence-corrected chi connectivity index (χ4v) is 5.00. The Morgan fingerprint density at radius 3 is 1.18 bits per heavy atom. The van der Waals surface area contributed by atoms with Gasteiger partial charge in [0, 0.05) is 38.8 Å². The number of rotatable bonds is 18. The van der Waals surface area contributed by atoms with Gasteiger partial charge in [0.25, 0.3) is 0 Å². The minimum atomic E-state index is -4.95. The maximum atomic E-state index is 12.6. The van der Waals surface area contributed by atoms with Crippen LogP contribution in [0.3, 0.4) is 0 Å². The molecule has 0 aliphatic carbocycles. The molecule has 0 aromatic heterocycles. The average Bonchev–Trinajstić information content (AvgIpc) is 3.18. The third-order valence-corrected chi connectivity index (χ3v) is 8.03. The number of alkyl carbamates (subject to hydrolysis) is 2. The van der Waals surface area contributed by atoms with Crippen LogP contribution in [0.1, 0.15) is 98.6 Å². The fraction of sp³-hybridized carbons (Fsp3) is 0.561. The van der Waals surface area contributed by atoms with Gasteiger partial charge in [-0.05, 0) is 115 Å². The second kappa shape index (κ2) is 33.6. The van der Waals surface area contributed by atoms with Crippen LogP contribution in [0.2, 0.25) is 0 Å². The molecule has 0 bridgehead atoms. The van der Waals surface area contributed by atoms with Crippen molar-refractivity contribution in [3.8, 4) is 0 Å². The van der Waals surface area contributed by atoms with Crippen LogP contribution in [-0.2, 0) is 41.1 Å². The monoisotopic (exact) mass is 1080 g/mol. The van der Waals surface area contributed by atoms with E-state index in [0.717, 1.165) is 5.56 Å². The van der Waals surface area contributed by atoms with E-state index in [2.05, 4.69) is 21.3 Å². The van der Waals surface area contributed by atoms with Crippen molar-refractivity contribution in [3.05, 3.63) is 59.7 Å². The minimum absolute atomic E-state index is 0. The number of hydrogen-bond donors (Lipinski definition) is 7. The summed E-state index contributed by atoms with van der Waals surface area (Å²) in [7, 11) is 0. The van der Waals surface area contributed by atoms with Crippen molar-refractivity contribution < 1.29 is 69.7 Å². The van der Waals surface area contributed by atoms with E-state index in [1.54, 1.807) is 101 Å². The molecule has 2 rings (SSSR count). The van der Waals surface area contributed by atoms with Crippen molar-refractivity contribution in [2.24, 2.45) is 0 Å². The van der Waals surface area contributed by atoms with Gasteiger partial charge in [0.1, 0.15) is 23.3 Å². The Morgan fingerprint density at radius 2 is 0.912 bits per heavy atom. The third-order valence-electron chi connectivity index (χ3n) is 7.72. The number of ether oxygens (including phenoxy) is 2. The van der Waals surface area contributed by atoms with Gasteiger partial charge >= 0.3 is 36.4 Å². The zero-order valence-electron chi connectivity index (χ0n) is 37.4. The summed E-state index contributed by atoms with van der Waals surface area (Å²) in [6, 6.07) is 11.2. The first-order valence-corrected chi connectivity index (χ1v) is 24.4. The Kier molecular flexibility index (Phi) is 33.7. The van der Waals surface area contributed by atoms with Gasteiger partial charge in [0.05, 0.1) is 6.61 Å². The maximum absolute atomic E-state index is 12.6. The molecule has 3 radical (unpaired) electrons. The number of aliphatic hydroxyl groups is 1. The highest BCUT2D eigenvalue weighted by Gasteiger charge is 2.39. The molecule has 0 spiro atoms. The number of carbonyl (C=O) groups is 6. The highest BCUT2D eigenvalue weighted by atomic mass is 36.0. The van der Waals surface area contributed by atoms with Crippen LogP contribution in [0.5, 0.6) is 0 Å². The van der Waals surface area contributed by atoms with Crippen LogP contribution in [-0.4, -0.2) is 98.1 Å². The number of aliphatic hydroxyl groups excluding tert-OH is 1. The Morgan fingerprint density at radius 1 is 0.603 bits per heavy atom. The minimum Gasteiger partial charge on any atom is -0.444 e. The summed E-state index contributed by atoms with van der Waals surface area (Å²) in [5.41, 5.74) is 0.895. The SMILES string of the molecule is C.CC(C)(C)OC(=O)NC(CCCCNC(=O)C(F)(F)F)C(=O)Nc1ccc(CCl)cc1.CC(C)(C)OC(=O)NC(CCCCNC(=O)C(F)(F)F)C(=O)Nc1ccc(CO)cc1.ClP(Cl)Cl.[B]. The smallest absolute Gasteiger partial charge is 0.444 e. The molecule has 0 saturated heterocycles. The summed E-state index contributed by atoms with van der Waals surface area (Å²) in [4.78, 5) is 71.1. The van der Waals surface area contributed by atoms with E-state index in [1.165, 1.54) is 0 Å². The number of nitrogens with one attached hydrogen (secondary N) is 6. The molecule has 7 N–H and O–H groups in total. The van der Waals surface area contributed by atoms with Crippen LogP contribution in [0.15, 0.2) is 48.5 Å². The van der Waals surface area contributed by atoms with Gasteiger partial charge < -0.3 is 46.5 Å². The van der Waals surface area contributed by atoms with Gasteiger partial charge in [0.15, 0.2) is 5.98 Å². The second-order valence-electron chi connectivity index (χ2n) is 15.8. The maximum Gasteiger partial charge on any atom is 0.471 e. The van der Waals surface area contributed by atoms with E-state index in [4.69, 9.17) is 59.9 Å². The van der Waals surface area contributed by atoms with Crippen molar-refractivity contribution in [3.63, 3.8) is 0 Å². The van der Waals surface area contributed by atoms with E-state index >= 15 is 0 Å². The Balaban J connectivity index is -0.00000112. The average molecular weight is 1080 g/mol. The Bertz CT molecular complexity index is 1700. The summed E-state index contributed by atoms with van der Waals surface area (Å²) >= 11 is 20.3. The van der Waals surface area contributed by atoms with Crippen molar-refractivity contribution in [1.82, 2.24) is 21.3 Å². The van der Waals surface area contributed by atoms with Crippen LogP contribution < -0.4 is 31.9 Å². The molecule has 0 aliphatic rings. The number of unbranched alkanes of at least 4 members (excludes halogenated alkanes) is 2. The standard InChI is InChI=1S/C20H27ClF3N3O4.C20H28F3N3O5.CH4.B.Cl3P/c1-19(2,3)31-18(30)27-15(6-4-5-11-25-17(29)20(22,23)24)16(28)26-14-9-7-13(12-21)8-10-14;1-19(2,3)31-18(30)26-15(6-4-5-11-24-17(29)20(21,22)23)16(28)25-14-9-7-13(12-27)8-10-14;;;1-4(2)3/h7-10,15H,4-6,11-12H2,1-3H3,(H,25,29)(H,26,28)(H,27,30);7-10,15,27H,4-6,11-12H2,1-3H3,(H,24,29)(H,25,28)(H,26,30);1H4;;. The number of anilines is 2. The molecule has 2 unspecified atom stereocenters. The second-order valence-corrected chi connectivity index (χ2v) is 21.0. The lowest BCUT2D eigenvalue weighted by molar-refractivity contribution is -0.173. The molecule has 2 atom stereocenters. The molecule has 2 aromatic carbocycles. The first kappa shape index (κ1) is 68.3. The molecule has 0 fully saturated rings. The van der Waals surface area contributed by atoms with Crippen LogP contribution in [0.25, 0.3) is 0 Å². The van der Waals surface area contributed by atoms with E-state index in [0.29, 0.717) is 22.8 Å². The zero-order valence-corrected chi connectivity index (χ0v) is 41.3. The molecule has 0 saturated carbocycles. The first-order chi connectivity index (χ1) is 30.4. The summed E-state index contributed by atoms with van der Waals surface area (Å²) in [5, 5.41) is 22.8. The van der Waals surface area contributed by atoms with E-state index in [1.807, 2.05) is 0 Å². The van der Waals surface area contributed by atoms with Crippen molar-refractivity contribution in [2.45, 2.75) is 136 Å². The van der Waals surface area contributed by atoms with Crippen LogP contribution >= 0.6 is 51.3 Å². The molecule has 385 valence electrons. The quantitative estimate of drug-likeness (QED) is 0.0248. The Labute approximate surface area is 415 Å². The molecule has 27 heteroatoms. The Hall–Kier alpha value is -3.95. The first-order valence-electron chi connectivity index (χ1n) is 19.8. The predicted molar refractivity (Wildman–Crippen MR) is 255 cm³/mol. The highest BCUT2D eigenvalue weighted by molar-refractivity contribution is 8.20. The van der Waals surface area contributed by atoms with Crippen LogP contribution in [0, 0.1) is 0 Å². The van der Waals surface area contributed by atoms with Gasteiger partial charge in [-0.25, -0.2) is 9.59 Å². The van der Waals surface area contributed by atoms with Crippen LogP contribution in [0.4, 0.5) is 47.3 Å². The van der Waals surface area contributed by atoms with Gasteiger partial charge in [-0.3, -0.25) is 19.2 Å². The van der Waals surface area contributed by atoms with Crippen molar-refractivity contribution in [2.75, 3.05) is 23.7 Å². The predicted octanol–water partition coefficient (Wildman–Crippen LogP) is 10.2. The number of carbonyl (C=O) groups excluding carboxylic acids is 6. The van der Waals surface area contributed by atoms with Gasteiger partial charge in [-0.2, -0.15) is 26.3 Å². The fourth-order valence-electron chi connectivity index (χ4n) is 4.82. The molecular weight excluding hydrogens is 1020 g/mol. The van der Waals surface area contributed by atoms with E-state index < -0.39 is 77.4 Å². The summed E-state index contributed by atoms with van der Waals surface area (Å²) in [6.07, 6.45) is -10.4. The number of amides is 6. The van der Waals surface area contributed by atoms with Gasteiger partial charge in [-0.1, -0.05) is 65.4 Å². The number of halogens is 10. The highest BCUT2D eigenvalue weighted by Crippen LogP contribution is 2.51. The van der Waals surface area contributed by atoms with Gasteiger partial charge in [-0.15, -0.1) is 11.6 Å². The van der Waals surface area contributed by atoms with E-state index in [-0.39, 0.29) is 74.1 Å². The zero-order chi connectivity index (χ0) is 50.9. The molecule has 0 heterocycles. The lowest BCUT2D eigenvalue weighted by Gasteiger charge is -2.23. The topological polar surface area (TPSA) is 213 Å². The molecular formula is C41H59BCl4F6N6O9P. The number of hydrogen-bond acceptors (Lipinski definition) is 9. The summed E-state index contributed by atoms with van der Waals surface area (Å²) in [5.74, 6) is -5.98. The largest absolute Gasteiger partial charge is 0.471 e. The lowest BCUT2D eigenvalue weighted by Crippen LogP contribution is -2.45. The molecule has 2 aromatic rings. The van der Waals surface area contributed by atoms with E-state index in [9.17, 15) is 55.1 Å². The third kappa shape index (κ3) is 34.4. The van der Waals surface area contributed by atoms with Crippen molar-refractivity contribution in [1.29, 1.82) is 0 Å². The molecule has 68 heavy (non-hydrogen) atoms.